The minimum absolute atomic E-state index is 0.314. The number of carbonyl (C=O) groups is 2. The Morgan fingerprint density at radius 2 is 1.83 bits per heavy atom. The average Bonchev–Trinajstić information content (AvgIpc) is 2.68. The molecule has 0 fully saturated rings. The topological polar surface area (TPSA) is 70.6 Å². The first kappa shape index (κ1) is 16.4. The first-order valence-corrected chi connectivity index (χ1v) is 8.26. The highest BCUT2D eigenvalue weighted by Gasteiger charge is 2.23. The SMILES string of the molecule is Cc1cc2c(cc1C)NC(=O)[C@@H](NC(=O)c1ccc(Br)cc1)C=N2. The fraction of sp³-hybridized carbons (Fsp3) is 0.167. The van der Waals surface area contributed by atoms with Gasteiger partial charge in [-0.05, 0) is 61.4 Å². The van der Waals surface area contributed by atoms with Crippen molar-refractivity contribution in [2.75, 3.05) is 5.32 Å². The Morgan fingerprint density at radius 1 is 1.17 bits per heavy atom. The Kier molecular flexibility index (Phi) is 4.49. The standard InChI is InChI=1S/C18H16BrN3O2/c1-10-7-14-15(8-11(10)2)21-18(24)16(9-20-14)22-17(23)12-3-5-13(19)6-4-12/h3-9,16H,1-2H3,(H,21,24)(H,22,23)/t16-/m0/s1. The van der Waals surface area contributed by atoms with Crippen LogP contribution in [0.2, 0.25) is 0 Å². The van der Waals surface area contributed by atoms with Crippen molar-refractivity contribution < 1.29 is 9.59 Å². The van der Waals surface area contributed by atoms with Crippen LogP contribution in [0.1, 0.15) is 21.5 Å². The van der Waals surface area contributed by atoms with Crippen LogP contribution in [-0.2, 0) is 4.79 Å². The molecule has 0 saturated carbocycles. The van der Waals surface area contributed by atoms with Gasteiger partial charge in [-0.15, -0.1) is 0 Å². The maximum Gasteiger partial charge on any atom is 0.252 e. The fourth-order valence-corrected chi connectivity index (χ4v) is 2.63. The van der Waals surface area contributed by atoms with Crippen molar-refractivity contribution in [2.45, 2.75) is 19.9 Å². The summed E-state index contributed by atoms with van der Waals surface area (Å²) < 4.78 is 0.883. The highest BCUT2D eigenvalue weighted by Crippen LogP contribution is 2.29. The smallest absolute Gasteiger partial charge is 0.252 e. The third kappa shape index (κ3) is 3.38. The van der Waals surface area contributed by atoms with E-state index in [9.17, 15) is 9.59 Å². The quantitative estimate of drug-likeness (QED) is 0.829. The van der Waals surface area contributed by atoms with Gasteiger partial charge >= 0.3 is 0 Å². The molecule has 0 saturated heterocycles. The Labute approximate surface area is 148 Å². The number of hydrogen-bond acceptors (Lipinski definition) is 3. The first-order chi connectivity index (χ1) is 11.4. The Balaban J connectivity index is 1.81. The van der Waals surface area contributed by atoms with E-state index in [2.05, 4.69) is 31.6 Å². The molecule has 1 heterocycles. The van der Waals surface area contributed by atoms with Crippen molar-refractivity contribution in [1.82, 2.24) is 5.32 Å². The second-order valence-corrected chi connectivity index (χ2v) is 6.59. The van der Waals surface area contributed by atoms with Gasteiger partial charge in [0.15, 0.2) is 0 Å². The number of aryl methyl sites for hydroxylation is 2. The largest absolute Gasteiger partial charge is 0.336 e. The van der Waals surface area contributed by atoms with E-state index in [-0.39, 0.29) is 11.8 Å². The Morgan fingerprint density at radius 3 is 2.54 bits per heavy atom. The molecule has 24 heavy (non-hydrogen) atoms. The molecule has 1 aliphatic heterocycles. The molecule has 1 atom stereocenters. The van der Waals surface area contributed by atoms with Crippen LogP contribution in [0.4, 0.5) is 11.4 Å². The third-order valence-corrected chi connectivity index (χ3v) is 4.44. The van der Waals surface area contributed by atoms with Crippen molar-refractivity contribution in [3.63, 3.8) is 0 Å². The highest BCUT2D eigenvalue weighted by atomic mass is 79.9. The van der Waals surface area contributed by atoms with Crippen molar-refractivity contribution in [2.24, 2.45) is 4.99 Å². The molecule has 3 rings (SSSR count). The van der Waals surface area contributed by atoms with Crippen LogP contribution < -0.4 is 10.6 Å². The van der Waals surface area contributed by atoms with Crippen LogP contribution in [0.25, 0.3) is 0 Å². The average molecular weight is 386 g/mol. The van der Waals surface area contributed by atoms with Crippen molar-refractivity contribution in [3.8, 4) is 0 Å². The number of amides is 2. The van der Waals surface area contributed by atoms with Gasteiger partial charge < -0.3 is 10.6 Å². The number of halogens is 1. The predicted molar refractivity (Wildman–Crippen MR) is 98.1 cm³/mol. The zero-order chi connectivity index (χ0) is 17.3. The van der Waals surface area contributed by atoms with E-state index in [1.54, 1.807) is 24.3 Å². The molecule has 2 aromatic carbocycles. The number of carbonyl (C=O) groups excluding carboxylic acids is 2. The molecule has 0 spiro atoms. The fourth-order valence-electron chi connectivity index (χ4n) is 2.37. The maximum absolute atomic E-state index is 12.4. The molecule has 2 amide bonds. The Hall–Kier alpha value is -2.47. The molecule has 2 aromatic rings. The summed E-state index contributed by atoms with van der Waals surface area (Å²) in [6, 6.07) is 9.90. The molecular formula is C18H16BrN3O2. The lowest BCUT2D eigenvalue weighted by molar-refractivity contribution is -0.116. The molecule has 0 aliphatic carbocycles. The van der Waals surface area contributed by atoms with Gasteiger partial charge in [-0.25, -0.2) is 0 Å². The molecule has 0 aromatic heterocycles. The number of nitrogens with one attached hydrogen (secondary N) is 2. The molecular weight excluding hydrogens is 370 g/mol. The number of fused-ring (bicyclic) bond motifs is 1. The van der Waals surface area contributed by atoms with Crippen LogP contribution in [0, 0.1) is 13.8 Å². The zero-order valence-electron chi connectivity index (χ0n) is 13.3. The molecule has 5 nitrogen and oxygen atoms in total. The van der Waals surface area contributed by atoms with Crippen molar-refractivity contribution in [1.29, 1.82) is 0 Å². The van der Waals surface area contributed by atoms with E-state index in [0.717, 1.165) is 15.6 Å². The summed E-state index contributed by atoms with van der Waals surface area (Å²) in [5, 5.41) is 5.51. The second kappa shape index (κ2) is 6.57. The summed E-state index contributed by atoms with van der Waals surface area (Å²) in [6.45, 7) is 3.97. The van der Waals surface area contributed by atoms with E-state index in [1.807, 2.05) is 26.0 Å². The highest BCUT2D eigenvalue weighted by molar-refractivity contribution is 9.10. The number of anilines is 1. The van der Waals surface area contributed by atoms with Gasteiger partial charge in [0.05, 0.1) is 11.4 Å². The second-order valence-electron chi connectivity index (χ2n) is 5.68. The van der Waals surface area contributed by atoms with Gasteiger partial charge in [-0.2, -0.15) is 0 Å². The summed E-state index contributed by atoms with van der Waals surface area (Å²) in [6.07, 6.45) is 1.46. The van der Waals surface area contributed by atoms with Crippen LogP contribution in [0.15, 0.2) is 45.9 Å². The monoisotopic (exact) mass is 385 g/mol. The molecule has 6 heteroatoms. The van der Waals surface area contributed by atoms with Crippen LogP contribution in [0.3, 0.4) is 0 Å². The van der Waals surface area contributed by atoms with Gasteiger partial charge in [-0.3, -0.25) is 14.6 Å². The van der Waals surface area contributed by atoms with E-state index >= 15 is 0 Å². The predicted octanol–water partition coefficient (Wildman–Crippen LogP) is 3.52. The summed E-state index contributed by atoms with van der Waals surface area (Å²) in [5.41, 5.74) is 3.98. The van der Waals surface area contributed by atoms with E-state index in [1.165, 1.54) is 6.21 Å². The minimum atomic E-state index is -0.825. The van der Waals surface area contributed by atoms with E-state index in [0.29, 0.717) is 16.9 Å². The first-order valence-electron chi connectivity index (χ1n) is 7.47. The van der Waals surface area contributed by atoms with Crippen molar-refractivity contribution in [3.05, 3.63) is 57.6 Å². The third-order valence-electron chi connectivity index (χ3n) is 3.91. The minimum Gasteiger partial charge on any atom is -0.336 e. The molecule has 1 aliphatic rings. The zero-order valence-corrected chi connectivity index (χ0v) is 14.8. The summed E-state index contributed by atoms with van der Waals surface area (Å²) in [4.78, 5) is 29.0. The molecule has 2 N–H and O–H groups in total. The molecule has 0 radical (unpaired) electrons. The van der Waals surface area contributed by atoms with Gasteiger partial charge in [0.1, 0.15) is 6.04 Å². The molecule has 0 bridgehead atoms. The van der Waals surface area contributed by atoms with Gasteiger partial charge in [0.25, 0.3) is 11.8 Å². The molecule has 122 valence electrons. The van der Waals surface area contributed by atoms with Crippen LogP contribution in [0.5, 0.6) is 0 Å². The number of hydrogen-bond donors (Lipinski definition) is 2. The number of benzene rings is 2. The number of rotatable bonds is 2. The van der Waals surface area contributed by atoms with Crippen LogP contribution >= 0.6 is 15.9 Å². The lowest BCUT2D eigenvalue weighted by Crippen LogP contribution is -2.44. The maximum atomic E-state index is 12.4. The number of aliphatic imine (C=N–C) groups is 1. The van der Waals surface area contributed by atoms with E-state index in [4.69, 9.17) is 0 Å². The van der Waals surface area contributed by atoms with E-state index < -0.39 is 6.04 Å². The van der Waals surface area contributed by atoms with Gasteiger partial charge in [0.2, 0.25) is 0 Å². The summed E-state index contributed by atoms with van der Waals surface area (Å²) in [7, 11) is 0. The van der Waals surface area contributed by atoms with Gasteiger partial charge in [0, 0.05) is 16.3 Å². The van der Waals surface area contributed by atoms with Crippen molar-refractivity contribution >= 4 is 45.3 Å². The lowest BCUT2D eigenvalue weighted by Gasteiger charge is -2.13. The lowest BCUT2D eigenvalue weighted by atomic mass is 10.1. The molecule has 0 unspecified atom stereocenters. The normalized spacial score (nSPS) is 16.1. The summed E-state index contributed by atoms with van der Waals surface area (Å²) >= 11 is 3.32. The van der Waals surface area contributed by atoms with Crippen LogP contribution in [-0.4, -0.2) is 24.1 Å². The Bertz CT molecular complexity index is 844. The van der Waals surface area contributed by atoms with Gasteiger partial charge in [-0.1, -0.05) is 15.9 Å². The summed E-state index contributed by atoms with van der Waals surface area (Å²) in [5.74, 6) is -0.640. The number of nitrogens with zero attached hydrogens (tertiary/aromatic N) is 1.